The van der Waals surface area contributed by atoms with Crippen molar-refractivity contribution in [3.8, 4) is 11.1 Å². The molecule has 0 heterocycles. The van der Waals surface area contributed by atoms with E-state index in [-0.39, 0.29) is 0 Å². The summed E-state index contributed by atoms with van der Waals surface area (Å²) in [6.07, 6.45) is -4.29. The molecule has 1 unspecified atom stereocenters. The molecule has 1 aliphatic rings. The molecule has 4 nitrogen and oxygen atoms in total. The van der Waals surface area contributed by atoms with Crippen LogP contribution in [0.15, 0.2) is 42.5 Å². The van der Waals surface area contributed by atoms with Crippen molar-refractivity contribution in [3.63, 3.8) is 0 Å². The third-order valence-electron chi connectivity index (χ3n) is 4.06. The van der Waals surface area contributed by atoms with Gasteiger partial charge in [0.1, 0.15) is 6.04 Å². The van der Waals surface area contributed by atoms with Crippen LogP contribution in [0.25, 0.3) is 11.1 Å². The Kier molecular flexibility index (Phi) is 4.24. The van der Waals surface area contributed by atoms with E-state index in [0.29, 0.717) is 5.69 Å². The van der Waals surface area contributed by atoms with Crippen LogP contribution >= 0.6 is 0 Å². The van der Waals surface area contributed by atoms with Gasteiger partial charge < -0.3 is 10.6 Å². The molecular weight excluding hydrogens is 333 g/mol. The quantitative estimate of drug-likeness (QED) is 0.763. The second-order valence-corrected chi connectivity index (χ2v) is 5.89. The molecule has 3 rings (SSSR count). The fraction of sp³-hybridized carbons (Fsp3) is 0.222. The zero-order valence-electron chi connectivity index (χ0n) is 13.3. The maximum Gasteiger partial charge on any atom is 0.471 e. The number of carbonyl (C=O) groups excluding carboxylic acids is 2. The summed E-state index contributed by atoms with van der Waals surface area (Å²) in [5.41, 5.74) is 4.91. The van der Waals surface area contributed by atoms with Crippen LogP contribution in [0.5, 0.6) is 0 Å². The topological polar surface area (TPSA) is 58.2 Å². The molecule has 0 aromatic heterocycles. The third-order valence-corrected chi connectivity index (χ3v) is 4.06. The number of amides is 2. The minimum atomic E-state index is -5.02. The van der Waals surface area contributed by atoms with Gasteiger partial charge in [-0.05, 0) is 47.7 Å². The van der Waals surface area contributed by atoms with E-state index in [4.69, 9.17) is 0 Å². The van der Waals surface area contributed by atoms with Crippen molar-refractivity contribution in [1.82, 2.24) is 5.32 Å². The molecule has 25 heavy (non-hydrogen) atoms. The van der Waals surface area contributed by atoms with Gasteiger partial charge in [-0.1, -0.05) is 30.3 Å². The van der Waals surface area contributed by atoms with Gasteiger partial charge in [-0.3, -0.25) is 9.59 Å². The van der Waals surface area contributed by atoms with Crippen molar-refractivity contribution in [2.45, 2.75) is 25.6 Å². The van der Waals surface area contributed by atoms with E-state index in [1.165, 1.54) is 12.5 Å². The second kappa shape index (κ2) is 6.23. The van der Waals surface area contributed by atoms with Crippen LogP contribution in [0.1, 0.15) is 18.1 Å². The number of nitrogens with one attached hydrogen (secondary N) is 2. The van der Waals surface area contributed by atoms with Crippen molar-refractivity contribution in [2.75, 3.05) is 5.32 Å². The normalized spacial score (nSPS) is 13.6. The van der Waals surface area contributed by atoms with E-state index in [1.54, 1.807) is 17.4 Å². The summed E-state index contributed by atoms with van der Waals surface area (Å²) in [7, 11) is 0. The Morgan fingerprint density at radius 2 is 1.72 bits per heavy atom. The van der Waals surface area contributed by atoms with Crippen molar-refractivity contribution in [1.29, 1.82) is 0 Å². The Balaban J connectivity index is 1.69. The highest BCUT2D eigenvalue weighted by Crippen LogP contribution is 2.37. The summed E-state index contributed by atoms with van der Waals surface area (Å²) in [5, 5.41) is 4.16. The van der Waals surface area contributed by atoms with E-state index in [9.17, 15) is 22.8 Å². The number of halogens is 3. The molecule has 1 atom stereocenters. The molecule has 2 N–H and O–H groups in total. The Morgan fingerprint density at radius 1 is 1.04 bits per heavy atom. The first-order chi connectivity index (χ1) is 11.8. The highest BCUT2D eigenvalue weighted by molar-refractivity contribution is 5.98. The summed E-state index contributed by atoms with van der Waals surface area (Å²) < 4.78 is 36.7. The first kappa shape index (κ1) is 17.0. The molecular formula is C18H15F3N2O2. The van der Waals surface area contributed by atoms with Crippen LogP contribution in [0.4, 0.5) is 18.9 Å². The Labute approximate surface area is 142 Å². The highest BCUT2D eigenvalue weighted by Gasteiger charge is 2.40. The average Bonchev–Trinajstić information content (AvgIpc) is 2.91. The number of hydrogen-bond acceptors (Lipinski definition) is 2. The standard InChI is InChI=1S/C18H15F3N2O2/c1-10(22-17(25)18(19,20)21)16(24)23-13-6-7-15-12(9-13)8-11-4-2-3-5-14(11)15/h2-7,9-10H,8H2,1H3,(H,22,25)(H,23,24). The van der Waals surface area contributed by atoms with Crippen molar-refractivity contribution in [2.24, 2.45) is 0 Å². The second-order valence-electron chi connectivity index (χ2n) is 5.89. The fourth-order valence-electron chi connectivity index (χ4n) is 2.82. The molecule has 0 saturated carbocycles. The van der Waals surface area contributed by atoms with E-state index in [2.05, 4.69) is 5.32 Å². The van der Waals surface area contributed by atoms with Crippen LogP contribution in [-0.2, 0) is 16.0 Å². The van der Waals surface area contributed by atoms with Crippen LogP contribution in [0.3, 0.4) is 0 Å². The molecule has 2 amide bonds. The predicted molar refractivity (Wildman–Crippen MR) is 87.0 cm³/mol. The lowest BCUT2D eigenvalue weighted by Gasteiger charge is -2.15. The molecule has 0 radical (unpaired) electrons. The number of fused-ring (bicyclic) bond motifs is 3. The molecule has 2 aromatic rings. The molecule has 1 aliphatic carbocycles. The number of hydrogen-bond donors (Lipinski definition) is 2. The lowest BCUT2D eigenvalue weighted by molar-refractivity contribution is -0.174. The molecule has 130 valence electrons. The van der Waals surface area contributed by atoms with Gasteiger partial charge >= 0.3 is 12.1 Å². The summed E-state index contributed by atoms with van der Waals surface area (Å²) in [6, 6.07) is 12.0. The molecule has 0 bridgehead atoms. The van der Waals surface area contributed by atoms with E-state index >= 15 is 0 Å². The van der Waals surface area contributed by atoms with Crippen LogP contribution in [0, 0.1) is 0 Å². The molecule has 0 spiro atoms. The molecule has 0 fully saturated rings. The Morgan fingerprint density at radius 3 is 2.44 bits per heavy atom. The molecule has 0 aliphatic heterocycles. The monoisotopic (exact) mass is 348 g/mol. The zero-order chi connectivity index (χ0) is 18.2. The maximum absolute atomic E-state index is 12.2. The lowest BCUT2D eigenvalue weighted by Crippen LogP contribution is -2.47. The van der Waals surface area contributed by atoms with Crippen LogP contribution in [0.2, 0.25) is 0 Å². The minimum absolute atomic E-state index is 0.477. The summed E-state index contributed by atoms with van der Waals surface area (Å²) >= 11 is 0. The van der Waals surface area contributed by atoms with Crippen molar-refractivity contribution < 1.29 is 22.8 Å². The number of benzene rings is 2. The summed E-state index contributed by atoms with van der Waals surface area (Å²) in [5.74, 6) is -2.85. The summed E-state index contributed by atoms with van der Waals surface area (Å²) in [6.45, 7) is 1.20. The number of alkyl halides is 3. The Bertz CT molecular complexity index is 846. The first-order valence-corrected chi connectivity index (χ1v) is 7.65. The zero-order valence-corrected chi connectivity index (χ0v) is 13.3. The van der Waals surface area contributed by atoms with Gasteiger partial charge in [0.05, 0.1) is 0 Å². The molecule has 2 aromatic carbocycles. The van der Waals surface area contributed by atoms with E-state index < -0.39 is 24.0 Å². The van der Waals surface area contributed by atoms with Crippen LogP contribution in [-0.4, -0.2) is 24.0 Å². The van der Waals surface area contributed by atoms with E-state index in [1.807, 2.05) is 30.3 Å². The number of anilines is 1. The molecule has 7 heteroatoms. The van der Waals surface area contributed by atoms with Crippen molar-refractivity contribution in [3.05, 3.63) is 53.6 Å². The number of carbonyl (C=O) groups is 2. The smallest absolute Gasteiger partial charge is 0.337 e. The SMILES string of the molecule is CC(NC(=O)C(F)(F)F)C(=O)Nc1ccc2c(c1)Cc1ccccc1-2. The van der Waals surface area contributed by atoms with Gasteiger partial charge in [-0.15, -0.1) is 0 Å². The molecule has 0 saturated heterocycles. The summed E-state index contributed by atoms with van der Waals surface area (Å²) in [4.78, 5) is 22.9. The maximum atomic E-state index is 12.2. The lowest BCUT2D eigenvalue weighted by atomic mass is 10.1. The highest BCUT2D eigenvalue weighted by atomic mass is 19.4. The van der Waals surface area contributed by atoms with E-state index in [0.717, 1.165) is 23.1 Å². The van der Waals surface area contributed by atoms with Gasteiger partial charge in [0.15, 0.2) is 0 Å². The number of rotatable bonds is 3. The fourth-order valence-corrected chi connectivity index (χ4v) is 2.82. The van der Waals surface area contributed by atoms with Gasteiger partial charge in [0.2, 0.25) is 5.91 Å². The predicted octanol–water partition coefficient (Wildman–Crippen LogP) is 3.26. The van der Waals surface area contributed by atoms with Gasteiger partial charge in [0.25, 0.3) is 0 Å². The average molecular weight is 348 g/mol. The third kappa shape index (κ3) is 3.50. The largest absolute Gasteiger partial charge is 0.471 e. The van der Waals surface area contributed by atoms with Gasteiger partial charge in [-0.2, -0.15) is 13.2 Å². The minimum Gasteiger partial charge on any atom is -0.337 e. The first-order valence-electron chi connectivity index (χ1n) is 7.65. The van der Waals surface area contributed by atoms with Crippen molar-refractivity contribution >= 4 is 17.5 Å². The van der Waals surface area contributed by atoms with Gasteiger partial charge in [-0.25, -0.2) is 0 Å². The van der Waals surface area contributed by atoms with Gasteiger partial charge in [0, 0.05) is 5.69 Å². The Hall–Kier alpha value is -2.83. The van der Waals surface area contributed by atoms with Crippen LogP contribution < -0.4 is 10.6 Å².